The Labute approximate surface area is 184 Å². The number of anilines is 1. The number of nitrogens with one attached hydrogen (secondary N) is 1. The molecule has 0 aliphatic carbocycles. The Hall–Kier alpha value is -3.71. The average Bonchev–Trinajstić information content (AvgIpc) is 3.51. The Morgan fingerprint density at radius 2 is 2.16 bits per heavy atom. The molecule has 3 heterocycles. The summed E-state index contributed by atoms with van der Waals surface area (Å²) in [6.45, 7) is 0. The molecule has 31 heavy (non-hydrogen) atoms. The maximum absolute atomic E-state index is 12.8. The number of thioether (sulfide) groups is 1. The van der Waals surface area contributed by atoms with Gasteiger partial charge in [-0.25, -0.2) is 10.1 Å². The molecule has 0 aliphatic heterocycles. The van der Waals surface area contributed by atoms with Crippen molar-refractivity contribution in [1.82, 2.24) is 30.7 Å². The van der Waals surface area contributed by atoms with Crippen LogP contribution in [0.2, 0.25) is 0 Å². The van der Waals surface area contributed by atoms with Gasteiger partial charge in [-0.1, -0.05) is 46.9 Å². The first kappa shape index (κ1) is 20.6. The summed E-state index contributed by atoms with van der Waals surface area (Å²) >= 11 is 3.09. The number of rotatable bonds is 7. The van der Waals surface area contributed by atoms with Crippen molar-refractivity contribution in [1.29, 1.82) is 0 Å². The minimum atomic E-state index is -0.560. The van der Waals surface area contributed by atoms with Crippen LogP contribution in [0.25, 0.3) is 17.1 Å². The number of benzene rings is 1. The number of nitrogen functional groups attached to an aromatic ring is 1. The van der Waals surface area contributed by atoms with Gasteiger partial charge in [0.15, 0.2) is 10.8 Å². The summed E-state index contributed by atoms with van der Waals surface area (Å²) in [5.41, 5.74) is 10.1. The molecule has 0 unspecified atom stereocenters. The predicted octanol–water partition coefficient (Wildman–Crippen LogP) is 2.46. The third-order valence-electron chi connectivity index (χ3n) is 4.09. The van der Waals surface area contributed by atoms with Crippen molar-refractivity contribution in [2.24, 2.45) is 5.10 Å². The molecule has 0 aliphatic rings. The van der Waals surface area contributed by atoms with Gasteiger partial charge in [-0.15, -0.1) is 16.9 Å². The fourth-order valence-corrected chi connectivity index (χ4v) is 4.19. The molecule has 0 spiro atoms. The van der Waals surface area contributed by atoms with Crippen LogP contribution >= 0.6 is 23.1 Å². The Morgan fingerprint density at radius 1 is 1.35 bits per heavy atom. The second-order valence-electron chi connectivity index (χ2n) is 5.95. The maximum Gasteiger partial charge on any atom is 0.294 e. The van der Waals surface area contributed by atoms with E-state index in [-0.39, 0.29) is 17.3 Å². The molecule has 158 valence electrons. The highest BCUT2D eigenvalue weighted by atomic mass is 32.2. The minimum Gasteiger partial charge on any atom is -0.487 e. The first-order valence-electron chi connectivity index (χ1n) is 8.77. The Bertz CT molecular complexity index is 1230. The van der Waals surface area contributed by atoms with Crippen molar-refractivity contribution in [2.45, 2.75) is 4.21 Å². The van der Waals surface area contributed by atoms with Crippen LogP contribution in [-0.2, 0) is 0 Å². The second-order valence-corrected chi connectivity index (χ2v) is 8.07. The van der Waals surface area contributed by atoms with Gasteiger partial charge in [0.2, 0.25) is 11.6 Å². The highest BCUT2D eigenvalue weighted by molar-refractivity contribution is 8.00. The van der Waals surface area contributed by atoms with E-state index in [1.54, 1.807) is 31.0 Å². The van der Waals surface area contributed by atoms with Crippen LogP contribution in [0.1, 0.15) is 16.1 Å². The molecule has 0 radical (unpaired) electrons. The van der Waals surface area contributed by atoms with Crippen LogP contribution < -0.4 is 15.9 Å². The fraction of sp³-hybridized carbons (Fsp3) is 0.111. The van der Waals surface area contributed by atoms with Gasteiger partial charge < -0.3 is 10.5 Å². The molecule has 13 heteroatoms. The van der Waals surface area contributed by atoms with Crippen LogP contribution in [0.15, 0.2) is 50.3 Å². The lowest BCUT2D eigenvalue weighted by molar-refractivity contribution is 0.0950. The SMILES string of the molecule is COc1sc(SC)cc1/C=N/NC(=O)c1nnn(-c2nonc2N)c1-c1ccccc1. The van der Waals surface area contributed by atoms with Crippen LogP contribution in [-0.4, -0.2) is 50.8 Å². The molecular weight excluding hydrogens is 440 g/mol. The highest BCUT2D eigenvalue weighted by Crippen LogP contribution is 2.34. The van der Waals surface area contributed by atoms with Gasteiger partial charge >= 0.3 is 0 Å². The summed E-state index contributed by atoms with van der Waals surface area (Å²) in [5.74, 6) is -0.418. The van der Waals surface area contributed by atoms with Crippen molar-refractivity contribution in [3.05, 3.63) is 47.7 Å². The Balaban J connectivity index is 1.65. The van der Waals surface area contributed by atoms with Crippen molar-refractivity contribution in [3.8, 4) is 22.1 Å². The van der Waals surface area contributed by atoms with Gasteiger partial charge in [-0.05, 0) is 22.6 Å². The lowest BCUT2D eigenvalue weighted by Gasteiger charge is -2.05. The summed E-state index contributed by atoms with van der Waals surface area (Å²) in [7, 11) is 1.58. The number of hydrogen-bond donors (Lipinski definition) is 2. The molecule has 0 saturated heterocycles. The van der Waals surface area contributed by atoms with E-state index in [0.29, 0.717) is 16.3 Å². The number of ether oxygens (including phenoxy) is 1. The van der Waals surface area contributed by atoms with Crippen LogP contribution in [0.4, 0.5) is 5.82 Å². The molecular formula is C18H16N8O3S2. The molecule has 0 bridgehead atoms. The zero-order valence-corrected chi connectivity index (χ0v) is 18.0. The molecule has 0 fully saturated rings. The van der Waals surface area contributed by atoms with E-state index in [4.69, 9.17) is 10.5 Å². The molecule has 4 aromatic rings. The molecule has 11 nitrogen and oxygen atoms in total. The summed E-state index contributed by atoms with van der Waals surface area (Å²) in [6.07, 6.45) is 3.48. The number of methoxy groups -OCH3 is 1. The standard InChI is InChI=1S/C18H16N8O3S2/c1-28-18-11(8-12(30-2)31-18)9-20-22-17(27)13-14(10-6-4-3-5-7-10)26(25-21-13)16-15(19)23-29-24-16/h3-9H,1-2H3,(H2,19,23)(H,22,27)/b20-9+. The van der Waals surface area contributed by atoms with Gasteiger partial charge in [-0.2, -0.15) is 9.78 Å². The molecule has 0 atom stereocenters. The number of nitrogens with zero attached hydrogens (tertiary/aromatic N) is 6. The summed E-state index contributed by atoms with van der Waals surface area (Å²) < 4.78 is 12.4. The number of amides is 1. The number of carbonyl (C=O) groups excluding carboxylic acids is 1. The quantitative estimate of drug-likeness (QED) is 0.243. The zero-order chi connectivity index (χ0) is 21.8. The van der Waals surface area contributed by atoms with E-state index >= 15 is 0 Å². The first-order valence-corrected chi connectivity index (χ1v) is 10.8. The lowest BCUT2D eigenvalue weighted by Crippen LogP contribution is -2.19. The largest absolute Gasteiger partial charge is 0.487 e. The number of hydrogen-bond acceptors (Lipinski definition) is 11. The van der Waals surface area contributed by atoms with Crippen molar-refractivity contribution in [2.75, 3.05) is 19.1 Å². The normalized spacial score (nSPS) is 11.2. The van der Waals surface area contributed by atoms with E-state index in [0.717, 1.165) is 9.77 Å². The van der Waals surface area contributed by atoms with Gasteiger partial charge in [0.25, 0.3) is 5.91 Å². The van der Waals surface area contributed by atoms with E-state index in [9.17, 15) is 4.79 Å². The summed E-state index contributed by atoms with van der Waals surface area (Å²) in [6, 6.07) is 11.0. The van der Waals surface area contributed by atoms with Crippen LogP contribution in [0, 0.1) is 0 Å². The maximum atomic E-state index is 12.8. The van der Waals surface area contributed by atoms with Gasteiger partial charge in [0.1, 0.15) is 5.69 Å². The minimum absolute atomic E-state index is 0.0150. The monoisotopic (exact) mass is 456 g/mol. The lowest BCUT2D eigenvalue weighted by atomic mass is 10.1. The first-order chi connectivity index (χ1) is 15.1. The van der Waals surface area contributed by atoms with Crippen LogP contribution in [0.3, 0.4) is 0 Å². The van der Waals surface area contributed by atoms with E-state index < -0.39 is 5.91 Å². The molecule has 1 amide bonds. The Morgan fingerprint density at radius 3 is 2.84 bits per heavy atom. The van der Waals surface area contributed by atoms with Crippen LogP contribution in [0.5, 0.6) is 5.06 Å². The molecule has 1 aromatic carbocycles. The van der Waals surface area contributed by atoms with Crippen molar-refractivity contribution < 1.29 is 14.2 Å². The van der Waals surface area contributed by atoms with E-state index in [1.807, 2.05) is 30.5 Å². The summed E-state index contributed by atoms with van der Waals surface area (Å²) in [4.78, 5) is 12.8. The zero-order valence-electron chi connectivity index (χ0n) is 16.3. The van der Waals surface area contributed by atoms with Gasteiger partial charge in [-0.3, -0.25) is 4.79 Å². The molecule has 4 rings (SSSR count). The third-order valence-corrected chi connectivity index (χ3v) is 6.26. The highest BCUT2D eigenvalue weighted by Gasteiger charge is 2.25. The van der Waals surface area contributed by atoms with Crippen molar-refractivity contribution in [3.63, 3.8) is 0 Å². The smallest absolute Gasteiger partial charge is 0.294 e. The topological polar surface area (TPSA) is 146 Å². The van der Waals surface area contributed by atoms with Crippen molar-refractivity contribution >= 4 is 41.0 Å². The van der Waals surface area contributed by atoms with E-state index in [1.165, 1.54) is 22.2 Å². The number of aromatic nitrogens is 5. The predicted molar refractivity (Wildman–Crippen MR) is 117 cm³/mol. The molecule has 0 saturated carbocycles. The Kier molecular flexibility index (Phi) is 5.95. The third kappa shape index (κ3) is 4.13. The number of nitrogens with two attached hydrogens (primary N) is 1. The number of hydrazone groups is 1. The molecule has 3 N–H and O–H groups in total. The van der Waals surface area contributed by atoms with Gasteiger partial charge in [0.05, 0.1) is 17.5 Å². The number of thiophene rings is 1. The fourth-order valence-electron chi connectivity index (χ4n) is 2.71. The second kappa shape index (κ2) is 8.97. The van der Waals surface area contributed by atoms with Gasteiger partial charge in [0, 0.05) is 11.1 Å². The average molecular weight is 457 g/mol. The summed E-state index contributed by atoms with van der Waals surface area (Å²) in [5, 5.41) is 20.1. The number of carbonyl (C=O) groups is 1. The molecule has 3 aromatic heterocycles. The van der Waals surface area contributed by atoms with E-state index in [2.05, 4.69) is 35.8 Å².